The average Bonchev–Trinajstić information content (AvgIpc) is 2.66. The molecule has 0 unspecified atom stereocenters. The van der Waals surface area contributed by atoms with E-state index in [1.807, 2.05) is 67.5 Å². The Bertz CT molecular complexity index is 908. The van der Waals surface area contributed by atoms with Crippen LogP contribution in [0, 0.1) is 0 Å². The fourth-order valence-corrected chi connectivity index (χ4v) is 4.74. The number of benzene rings is 2. The summed E-state index contributed by atoms with van der Waals surface area (Å²) in [5, 5.41) is 2.76. The van der Waals surface area contributed by atoms with Crippen molar-refractivity contribution in [3.05, 3.63) is 54.1 Å². The van der Waals surface area contributed by atoms with Crippen LogP contribution in [0.4, 0.5) is 17.1 Å². The highest BCUT2D eigenvalue weighted by atomic mass is 32.2. The Hall–Kier alpha value is -2.54. The first-order valence-corrected chi connectivity index (χ1v) is 10.6. The van der Waals surface area contributed by atoms with Crippen molar-refractivity contribution in [2.75, 3.05) is 40.9 Å². The molecule has 0 atom stereocenters. The van der Waals surface area contributed by atoms with Gasteiger partial charge in [0.2, 0.25) is 15.9 Å². The van der Waals surface area contributed by atoms with Crippen LogP contribution in [0.15, 0.2) is 48.5 Å². The molecule has 0 aliphatic carbocycles. The normalized spacial score (nSPS) is 13.8. The van der Waals surface area contributed by atoms with Gasteiger partial charge >= 0.3 is 0 Å². The summed E-state index contributed by atoms with van der Waals surface area (Å²) >= 11 is 0. The molecule has 2 aromatic carbocycles. The van der Waals surface area contributed by atoms with Crippen molar-refractivity contribution in [1.29, 1.82) is 0 Å². The van der Waals surface area contributed by atoms with Crippen LogP contribution in [0.1, 0.15) is 18.4 Å². The standard InChI is InChI=1S/C20H25N3O3S/c1-22(2)18-11-9-17(10-12-18)21-20(24)13-15-27(25,26)23-14-5-7-16-6-3-4-8-19(16)23/h3-4,6,8-12H,5,7,13-15H2,1-2H3,(H,21,24). The van der Waals surface area contributed by atoms with Crippen LogP contribution in [0.3, 0.4) is 0 Å². The summed E-state index contributed by atoms with van der Waals surface area (Å²) in [6, 6.07) is 15.0. The first-order valence-electron chi connectivity index (χ1n) is 9.02. The lowest BCUT2D eigenvalue weighted by Gasteiger charge is -2.30. The molecule has 1 aliphatic rings. The smallest absolute Gasteiger partial charge is 0.235 e. The molecular formula is C20H25N3O3S. The Morgan fingerprint density at radius 1 is 1.11 bits per heavy atom. The molecule has 1 N–H and O–H groups in total. The minimum Gasteiger partial charge on any atom is -0.378 e. The van der Waals surface area contributed by atoms with Gasteiger partial charge in [0.15, 0.2) is 0 Å². The number of hydrogen-bond acceptors (Lipinski definition) is 4. The zero-order chi connectivity index (χ0) is 19.4. The van der Waals surface area contributed by atoms with Crippen LogP contribution < -0.4 is 14.5 Å². The number of aryl methyl sites for hydroxylation is 1. The van der Waals surface area contributed by atoms with Gasteiger partial charge in [0.1, 0.15) is 0 Å². The molecule has 144 valence electrons. The van der Waals surface area contributed by atoms with Crippen molar-refractivity contribution < 1.29 is 13.2 Å². The molecule has 0 aromatic heterocycles. The number of rotatable bonds is 6. The third-order valence-electron chi connectivity index (χ3n) is 4.66. The first kappa shape index (κ1) is 19.2. The molecule has 6 nitrogen and oxygen atoms in total. The molecule has 0 spiro atoms. The van der Waals surface area contributed by atoms with Gasteiger partial charge in [-0.05, 0) is 48.7 Å². The van der Waals surface area contributed by atoms with Crippen LogP contribution in [-0.4, -0.2) is 40.7 Å². The Morgan fingerprint density at radius 2 is 1.81 bits per heavy atom. The van der Waals surface area contributed by atoms with E-state index in [1.54, 1.807) is 0 Å². The minimum absolute atomic E-state index is 0.0730. The Morgan fingerprint density at radius 3 is 2.52 bits per heavy atom. The second-order valence-electron chi connectivity index (χ2n) is 6.86. The number of carbonyl (C=O) groups is 1. The van der Waals surface area contributed by atoms with Crippen molar-refractivity contribution >= 4 is 33.0 Å². The zero-order valence-electron chi connectivity index (χ0n) is 15.7. The second-order valence-corrected chi connectivity index (χ2v) is 8.87. The Balaban J connectivity index is 1.61. The zero-order valence-corrected chi connectivity index (χ0v) is 16.5. The SMILES string of the molecule is CN(C)c1ccc(NC(=O)CCS(=O)(=O)N2CCCc3ccccc32)cc1. The summed E-state index contributed by atoms with van der Waals surface area (Å²) in [5.74, 6) is -0.510. The van der Waals surface area contributed by atoms with Gasteiger partial charge < -0.3 is 10.2 Å². The summed E-state index contributed by atoms with van der Waals surface area (Å²) in [5.41, 5.74) is 3.46. The topological polar surface area (TPSA) is 69.7 Å². The number of fused-ring (bicyclic) bond motifs is 1. The van der Waals surface area contributed by atoms with E-state index in [0.29, 0.717) is 12.2 Å². The van der Waals surface area contributed by atoms with E-state index in [9.17, 15) is 13.2 Å². The largest absolute Gasteiger partial charge is 0.378 e. The molecule has 1 aliphatic heterocycles. The van der Waals surface area contributed by atoms with E-state index < -0.39 is 10.0 Å². The summed E-state index contributed by atoms with van der Waals surface area (Å²) < 4.78 is 27.0. The highest BCUT2D eigenvalue weighted by Crippen LogP contribution is 2.29. The molecule has 2 aromatic rings. The predicted octanol–water partition coefficient (Wildman–Crippen LogP) is 2.86. The van der Waals surface area contributed by atoms with Crippen LogP contribution in [0.2, 0.25) is 0 Å². The second kappa shape index (κ2) is 8.00. The van der Waals surface area contributed by atoms with Crippen LogP contribution in [-0.2, 0) is 21.2 Å². The molecular weight excluding hydrogens is 362 g/mol. The molecule has 1 heterocycles. The van der Waals surface area contributed by atoms with E-state index in [2.05, 4.69) is 5.32 Å². The van der Waals surface area contributed by atoms with Gasteiger partial charge in [0.25, 0.3) is 0 Å². The fourth-order valence-electron chi connectivity index (χ4n) is 3.19. The lowest BCUT2D eigenvalue weighted by Crippen LogP contribution is -2.37. The van der Waals surface area contributed by atoms with Crippen molar-refractivity contribution in [2.45, 2.75) is 19.3 Å². The van der Waals surface area contributed by atoms with Gasteiger partial charge in [-0.1, -0.05) is 18.2 Å². The molecule has 3 rings (SSSR count). The van der Waals surface area contributed by atoms with E-state index >= 15 is 0 Å². The van der Waals surface area contributed by atoms with E-state index in [4.69, 9.17) is 0 Å². The summed E-state index contributed by atoms with van der Waals surface area (Å²) in [7, 11) is 0.347. The summed E-state index contributed by atoms with van der Waals surface area (Å²) in [6.07, 6.45) is 1.60. The molecule has 0 radical (unpaired) electrons. The fraction of sp³-hybridized carbons (Fsp3) is 0.350. The molecule has 0 fully saturated rings. The Labute approximate surface area is 160 Å². The highest BCUT2D eigenvalue weighted by Gasteiger charge is 2.27. The van der Waals surface area contributed by atoms with Crippen LogP contribution >= 0.6 is 0 Å². The molecule has 1 amide bonds. The maximum atomic E-state index is 12.8. The first-order chi connectivity index (χ1) is 12.9. The van der Waals surface area contributed by atoms with Crippen molar-refractivity contribution in [3.8, 4) is 0 Å². The number of nitrogens with zero attached hydrogens (tertiary/aromatic N) is 2. The summed E-state index contributed by atoms with van der Waals surface area (Å²) in [4.78, 5) is 14.2. The number of hydrogen-bond donors (Lipinski definition) is 1. The van der Waals surface area contributed by atoms with Crippen molar-refractivity contribution in [3.63, 3.8) is 0 Å². The molecule has 7 heteroatoms. The number of anilines is 3. The minimum atomic E-state index is -3.54. The number of carbonyl (C=O) groups excluding carboxylic acids is 1. The third-order valence-corrected chi connectivity index (χ3v) is 6.43. The average molecular weight is 388 g/mol. The molecule has 27 heavy (non-hydrogen) atoms. The number of nitrogens with one attached hydrogen (secondary N) is 1. The van der Waals surface area contributed by atoms with Crippen LogP contribution in [0.25, 0.3) is 0 Å². The summed E-state index contributed by atoms with van der Waals surface area (Å²) in [6.45, 7) is 0.465. The lowest BCUT2D eigenvalue weighted by molar-refractivity contribution is -0.115. The quantitative estimate of drug-likeness (QED) is 0.827. The van der Waals surface area contributed by atoms with Gasteiger partial charge in [-0.25, -0.2) is 8.42 Å². The van der Waals surface area contributed by atoms with Gasteiger partial charge in [0.05, 0.1) is 11.4 Å². The van der Waals surface area contributed by atoms with Crippen molar-refractivity contribution in [1.82, 2.24) is 0 Å². The maximum Gasteiger partial charge on any atom is 0.235 e. The molecule has 0 saturated carbocycles. The van der Waals surface area contributed by atoms with E-state index in [0.717, 1.165) is 29.8 Å². The Kier molecular flexibility index (Phi) is 5.70. The van der Waals surface area contributed by atoms with Gasteiger partial charge in [-0.3, -0.25) is 9.10 Å². The highest BCUT2D eigenvalue weighted by molar-refractivity contribution is 7.92. The van der Waals surface area contributed by atoms with Gasteiger partial charge in [-0.2, -0.15) is 0 Å². The molecule has 0 bridgehead atoms. The van der Waals surface area contributed by atoms with Crippen LogP contribution in [0.5, 0.6) is 0 Å². The third kappa shape index (κ3) is 4.60. The maximum absolute atomic E-state index is 12.8. The van der Waals surface area contributed by atoms with Gasteiger partial charge in [-0.15, -0.1) is 0 Å². The number of sulfonamides is 1. The predicted molar refractivity (Wildman–Crippen MR) is 110 cm³/mol. The van der Waals surface area contributed by atoms with Crippen molar-refractivity contribution in [2.24, 2.45) is 0 Å². The van der Waals surface area contributed by atoms with E-state index in [1.165, 1.54) is 4.31 Å². The van der Waals surface area contributed by atoms with E-state index in [-0.39, 0.29) is 18.1 Å². The monoisotopic (exact) mass is 387 g/mol. The van der Waals surface area contributed by atoms with Gasteiger partial charge in [0, 0.05) is 38.4 Å². The number of amides is 1. The number of para-hydroxylation sites is 1. The lowest BCUT2D eigenvalue weighted by atomic mass is 10.0. The molecule has 0 saturated heterocycles.